The van der Waals surface area contributed by atoms with E-state index in [1.165, 1.54) is 0 Å². The molecule has 23 heavy (non-hydrogen) atoms. The summed E-state index contributed by atoms with van der Waals surface area (Å²) in [6, 6.07) is 0. The molecule has 1 aromatic heterocycles. The molecule has 7 heteroatoms. The molecule has 2 heterocycles. The number of esters is 1. The lowest BCUT2D eigenvalue weighted by Gasteiger charge is -2.36. The van der Waals surface area contributed by atoms with Crippen LogP contribution < -0.4 is 4.90 Å². The molecule has 0 aliphatic carbocycles. The van der Waals surface area contributed by atoms with Crippen molar-refractivity contribution in [1.82, 2.24) is 9.97 Å². The van der Waals surface area contributed by atoms with E-state index < -0.39 is 0 Å². The number of thioether (sulfide) groups is 1. The molecule has 1 aliphatic rings. The maximum absolute atomic E-state index is 12.2. The first-order valence-electron chi connectivity index (χ1n) is 8.12. The molecule has 0 saturated carbocycles. The highest BCUT2D eigenvalue weighted by molar-refractivity contribution is 7.99. The van der Waals surface area contributed by atoms with Gasteiger partial charge in [0, 0.05) is 25.0 Å². The summed E-state index contributed by atoms with van der Waals surface area (Å²) in [6.45, 7) is 9.70. The van der Waals surface area contributed by atoms with E-state index in [1.807, 2.05) is 13.8 Å². The van der Waals surface area contributed by atoms with Crippen molar-refractivity contribution in [3.63, 3.8) is 0 Å². The largest absolute Gasteiger partial charge is 0.462 e. The van der Waals surface area contributed by atoms with Gasteiger partial charge in [0.25, 0.3) is 0 Å². The third kappa shape index (κ3) is 4.81. The zero-order valence-electron chi connectivity index (χ0n) is 14.2. The van der Waals surface area contributed by atoms with E-state index in [0.717, 1.165) is 12.2 Å². The fourth-order valence-corrected chi connectivity index (χ4v) is 3.23. The van der Waals surface area contributed by atoms with Gasteiger partial charge in [0.2, 0.25) is 0 Å². The molecule has 0 radical (unpaired) electrons. The van der Waals surface area contributed by atoms with Gasteiger partial charge in [0.1, 0.15) is 11.4 Å². The SMILES string of the molecule is CCCSc1ncc(C(=O)OCC)c(N2CC(C)OC(C)C2)n1. The minimum Gasteiger partial charge on any atom is -0.462 e. The van der Waals surface area contributed by atoms with E-state index in [0.29, 0.717) is 36.2 Å². The molecule has 1 aliphatic heterocycles. The van der Waals surface area contributed by atoms with E-state index in [2.05, 4.69) is 21.8 Å². The molecule has 2 rings (SSSR count). The molecular weight excluding hydrogens is 314 g/mol. The average molecular weight is 339 g/mol. The number of hydrogen-bond donors (Lipinski definition) is 0. The molecule has 0 bridgehead atoms. The zero-order chi connectivity index (χ0) is 16.8. The normalized spacial score (nSPS) is 21.3. The summed E-state index contributed by atoms with van der Waals surface area (Å²) in [7, 11) is 0. The Morgan fingerprint density at radius 2 is 2.09 bits per heavy atom. The highest BCUT2D eigenvalue weighted by atomic mass is 32.2. The summed E-state index contributed by atoms with van der Waals surface area (Å²) < 4.78 is 10.9. The van der Waals surface area contributed by atoms with Crippen molar-refractivity contribution in [3.8, 4) is 0 Å². The second kappa shape index (κ2) is 8.49. The van der Waals surface area contributed by atoms with Crippen molar-refractivity contribution in [3.05, 3.63) is 11.8 Å². The Labute approximate surface area is 142 Å². The quantitative estimate of drug-likeness (QED) is 0.448. The van der Waals surface area contributed by atoms with Crippen LogP contribution in [0.2, 0.25) is 0 Å². The Morgan fingerprint density at radius 3 is 2.70 bits per heavy atom. The van der Waals surface area contributed by atoms with Gasteiger partial charge < -0.3 is 14.4 Å². The lowest BCUT2D eigenvalue weighted by atomic mass is 10.2. The van der Waals surface area contributed by atoms with Gasteiger partial charge in [-0.3, -0.25) is 0 Å². The first-order chi connectivity index (χ1) is 11.0. The van der Waals surface area contributed by atoms with E-state index in [-0.39, 0.29) is 18.2 Å². The first kappa shape index (κ1) is 18.0. The van der Waals surface area contributed by atoms with Gasteiger partial charge >= 0.3 is 5.97 Å². The van der Waals surface area contributed by atoms with E-state index in [1.54, 1.807) is 24.9 Å². The van der Waals surface area contributed by atoms with Crippen LogP contribution >= 0.6 is 11.8 Å². The molecule has 128 valence electrons. The highest BCUT2D eigenvalue weighted by Crippen LogP contribution is 2.25. The molecule has 2 unspecified atom stereocenters. The Kier molecular flexibility index (Phi) is 6.65. The molecule has 0 amide bonds. The number of rotatable bonds is 6. The van der Waals surface area contributed by atoms with Gasteiger partial charge in [-0.05, 0) is 27.2 Å². The second-order valence-electron chi connectivity index (χ2n) is 5.62. The van der Waals surface area contributed by atoms with Gasteiger partial charge in [-0.25, -0.2) is 14.8 Å². The number of aromatic nitrogens is 2. The predicted octanol–water partition coefficient (Wildman–Crippen LogP) is 2.77. The third-order valence-electron chi connectivity index (χ3n) is 3.40. The summed E-state index contributed by atoms with van der Waals surface area (Å²) in [6.07, 6.45) is 2.82. The molecule has 1 fully saturated rings. The summed E-state index contributed by atoms with van der Waals surface area (Å²) in [5, 5.41) is 0.696. The maximum atomic E-state index is 12.2. The van der Waals surface area contributed by atoms with Crippen LogP contribution in [-0.2, 0) is 9.47 Å². The van der Waals surface area contributed by atoms with Crippen LogP contribution in [0.1, 0.15) is 44.5 Å². The average Bonchev–Trinajstić information content (AvgIpc) is 2.52. The summed E-state index contributed by atoms with van der Waals surface area (Å²) >= 11 is 1.60. The van der Waals surface area contributed by atoms with Crippen LogP contribution in [0.3, 0.4) is 0 Å². The number of morpholine rings is 1. The van der Waals surface area contributed by atoms with Crippen LogP contribution in [0.25, 0.3) is 0 Å². The van der Waals surface area contributed by atoms with Gasteiger partial charge in [-0.2, -0.15) is 0 Å². The minimum absolute atomic E-state index is 0.0931. The smallest absolute Gasteiger partial charge is 0.343 e. The van der Waals surface area contributed by atoms with Gasteiger partial charge in [-0.1, -0.05) is 18.7 Å². The van der Waals surface area contributed by atoms with Gasteiger partial charge in [-0.15, -0.1) is 0 Å². The molecular formula is C16H25N3O3S. The van der Waals surface area contributed by atoms with E-state index in [4.69, 9.17) is 9.47 Å². The Bertz CT molecular complexity index is 531. The van der Waals surface area contributed by atoms with E-state index in [9.17, 15) is 4.79 Å². The Hall–Kier alpha value is -1.34. The van der Waals surface area contributed by atoms with Gasteiger partial charge in [0.15, 0.2) is 5.16 Å². The summed E-state index contributed by atoms with van der Waals surface area (Å²) in [5.74, 6) is 1.23. The van der Waals surface area contributed by atoms with Crippen LogP contribution in [0, 0.1) is 0 Å². The number of carbonyl (C=O) groups excluding carboxylic acids is 1. The van der Waals surface area contributed by atoms with Crippen LogP contribution in [0.5, 0.6) is 0 Å². The van der Waals surface area contributed by atoms with E-state index >= 15 is 0 Å². The molecule has 0 N–H and O–H groups in total. The fourth-order valence-electron chi connectivity index (χ4n) is 2.56. The molecule has 2 atom stereocenters. The summed E-state index contributed by atoms with van der Waals surface area (Å²) in [4.78, 5) is 23.3. The summed E-state index contributed by atoms with van der Waals surface area (Å²) in [5.41, 5.74) is 0.425. The van der Waals surface area contributed by atoms with Crippen molar-refractivity contribution in [2.75, 3.05) is 30.3 Å². The Morgan fingerprint density at radius 1 is 1.39 bits per heavy atom. The fraction of sp³-hybridized carbons (Fsp3) is 0.688. The topological polar surface area (TPSA) is 64.5 Å². The number of carbonyl (C=O) groups is 1. The number of anilines is 1. The standard InChI is InChI=1S/C16H25N3O3S/c1-5-7-23-16-17-8-13(15(20)21-6-2)14(18-16)19-9-11(3)22-12(4)10-19/h8,11-12H,5-7,9-10H2,1-4H3. The molecule has 1 aromatic rings. The molecule has 0 aromatic carbocycles. The number of nitrogens with zero attached hydrogens (tertiary/aromatic N) is 3. The number of hydrogen-bond acceptors (Lipinski definition) is 7. The van der Waals surface area contributed by atoms with Crippen LogP contribution in [-0.4, -0.2) is 53.6 Å². The molecule has 1 saturated heterocycles. The second-order valence-corrected chi connectivity index (χ2v) is 6.68. The maximum Gasteiger partial charge on any atom is 0.343 e. The number of ether oxygens (including phenoxy) is 2. The van der Waals surface area contributed by atoms with Crippen LogP contribution in [0.4, 0.5) is 5.82 Å². The van der Waals surface area contributed by atoms with Gasteiger partial charge in [0.05, 0.1) is 18.8 Å². The van der Waals surface area contributed by atoms with Crippen LogP contribution in [0.15, 0.2) is 11.4 Å². The van der Waals surface area contributed by atoms with Crippen molar-refractivity contribution >= 4 is 23.5 Å². The van der Waals surface area contributed by atoms with Crippen molar-refractivity contribution in [2.24, 2.45) is 0 Å². The first-order valence-corrected chi connectivity index (χ1v) is 9.11. The zero-order valence-corrected chi connectivity index (χ0v) is 15.1. The lowest BCUT2D eigenvalue weighted by molar-refractivity contribution is -0.00564. The van der Waals surface area contributed by atoms with Crippen molar-refractivity contribution < 1.29 is 14.3 Å². The molecule has 6 nitrogen and oxygen atoms in total. The van der Waals surface area contributed by atoms with Crippen molar-refractivity contribution in [1.29, 1.82) is 0 Å². The Balaban J connectivity index is 2.32. The highest BCUT2D eigenvalue weighted by Gasteiger charge is 2.28. The monoisotopic (exact) mass is 339 g/mol. The third-order valence-corrected chi connectivity index (χ3v) is 4.46. The minimum atomic E-state index is -0.374. The van der Waals surface area contributed by atoms with Crippen molar-refractivity contribution in [2.45, 2.75) is 51.5 Å². The predicted molar refractivity (Wildman–Crippen MR) is 91.2 cm³/mol. The molecule has 0 spiro atoms. The lowest BCUT2D eigenvalue weighted by Crippen LogP contribution is -2.46.